The van der Waals surface area contributed by atoms with Crippen molar-refractivity contribution in [3.8, 4) is 5.75 Å². The molecule has 0 atom stereocenters. The van der Waals surface area contributed by atoms with Crippen molar-refractivity contribution < 1.29 is 14.3 Å². The van der Waals surface area contributed by atoms with Crippen molar-refractivity contribution in [1.29, 1.82) is 0 Å². The Morgan fingerprint density at radius 3 is 2.48 bits per heavy atom. The van der Waals surface area contributed by atoms with E-state index in [-0.39, 0.29) is 11.8 Å². The fourth-order valence-electron chi connectivity index (χ4n) is 3.36. The first-order valence-corrected chi connectivity index (χ1v) is 10.5. The number of unbranched alkanes of at least 4 members (excludes halogenated alkanes) is 1. The second kappa shape index (κ2) is 10.1. The summed E-state index contributed by atoms with van der Waals surface area (Å²) in [5, 5.41) is 2.88. The minimum Gasteiger partial charge on any atom is -0.494 e. The van der Waals surface area contributed by atoms with Gasteiger partial charge in [-0.15, -0.1) is 0 Å². The second-order valence-corrected chi connectivity index (χ2v) is 7.74. The van der Waals surface area contributed by atoms with Gasteiger partial charge in [0.2, 0.25) is 0 Å². The minimum atomic E-state index is -0.199. The Morgan fingerprint density at radius 2 is 1.79 bits per heavy atom. The van der Waals surface area contributed by atoms with Gasteiger partial charge in [0.1, 0.15) is 5.75 Å². The fraction of sp³-hybridized carbons (Fsp3) is 0.417. The lowest BCUT2D eigenvalue weighted by Crippen LogP contribution is -2.37. The summed E-state index contributed by atoms with van der Waals surface area (Å²) < 4.78 is 5.67. The Morgan fingerprint density at radius 1 is 1.07 bits per heavy atom. The Bertz CT molecular complexity index is 824. The highest BCUT2D eigenvalue weighted by atomic mass is 16.5. The van der Waals surface area contributed by atoms with Crippen LogP contribution < -0.4 is 10.1 Å². The molecule has 1 fully saturated rings. The lowest BCUT2D eigenvalue weighted by Gasteiger charge is -2.30. The van der Waals surface area contributed by atoms with Gasteiger partial charge in [0.15, 0.2) is 0 Å². The highest BCUT2D eigenvalue weighted by Crippen LogP contribution is 2.20. The lowest BCUT2D eigenvalue weighted by molar-refractivity contribution is 0.0697. The fourth-order valence-corrected chi connectivity index (χ4v) is 3.36. The molecule has 0 aliphatic carbocycles. The molecule has 2 aromatic rings. The number of carbonyl (C=O) groups excluding carboxylic acids is 2. The van der Waals surface area contributed by atoms with Crippen LogP contribution >= 0.6 is 0 Å². The van der Waals surface area contributed by atoms with Crippen molar-refractivity contribution in [3.05, 3.63) is 59.7 Å². The summed E-state index contributed by atoms with van der Waals surface area (Å²) in [5.74, 6) is 1.25. The molecule has 1 aliphatic heterocycles. The molecule has 3 rings (SSSR count). The number of likely N-dealkylation sites (tertiary alicyclic amines) is 1. The average Bonchev–Trinajstić information content (AvgIpc) is 2.75. The highest BCUT2D eigenvalue weighted by molar-refractivity contribution is 6.04. The minimum absolute atomic E-state index is 0.0618. The SMILES string of the molecule is CCCCOc1cccc(C(=O)Nc2ccc(C(=O)N3CCC(C)CC3)cc2)c1. The summed E-state index contributed by atoms with van der Waals surface area (Å²) in [6.45, 7) is 6.61. The normalized spacial score (nSPS) is 14.5. The van der Waals surface area contributed by atoms with Crippen molar-refractivity contribution in [1.82, 2.24) is 4.90 Å². The second-order valence-electron chi connectivity index (χ2n) is 7.74. The number of nitrogens with zero attached hydrogens (tertiary/aromatic N) is 1. The van der Waals surface area contributed by atoms with E-state index in [1.807, 2.05) is 17.0 Å². The number of ether oxygens (including phenoxy) is 1. The van der Waals surface area contributed by atoms with Gasteiger partial charge in [0.25, 0.3) is 11.8 Å². The maximum atomic E-state index is 12.6. The molecule has 0 aromatic heterocycles. The van der Waals surface area contributed by atoms with Gasteiger partial charge in [0.05, 0.1) is 6.61 Å². The predicted octanol–water partition coefficient (Wildman–Crippen LogP) is 4.99. The van der Waals surface area contributed by atoms with Crippen molar-refractivity contribution in [3.63, 3.8) is 0 Å². The third kappa shape index (κ3) is 5.83. The van der Waals surface area contributed by atoms with Crippen LogP contribution in [0, 0.1) is 5.92 Å². The van der Waals surface area contributed by atoms with E-state index >= 15 is 0 Å². The Kier molecular flexibility index (Phi) is 7.28. The van der Waals surface area contributed by atoms with E-state index < -0.39 is 0 Å². The molecule has 5 heteroatoms. The molecular formula is C24H30N2O3. The van der Waals surface area contributed by atoms with E-state index in [1.165, 1.54) is 0 Å². The number of hydrogen-bond donors (Lipinski definition) is 1. The predicted molar refractivity (Wildman–Crippen MR) is 116 cm³/mol. The Hall–Kier alpha value is -2.82. The first-order valence-electron chi connectivity index (χ1n) is 10.5. The van der Waals surface area contributed by atoms with Gasteiger partial charge in [-0.1, -0.05) is 26.3 Å². The topological polar surface area (TPSA) is 58.6 Å². The largest absolute Gasteiger partial charge is 0.494 e. The Labute approximate surface area is 173 Å². The first-order chi connectivity index (χ1) is 14.1. The van der Waals surface area contributed by atoms with Gasteiger partial charge in [-0.05, 0) is 67.6 Å². The van der Waals surface area contributed by atoms with Gasteiger partial charge in [-0.2, -0.15) is 0 Å². The monoisotopic (exact) mass is 394 g/mol. The molecule has 0 radical (unpaired) electrons. The zero-order valence-electron chi connectivity index (χ0n) is 17.3. The van der Waals surface area contributed by atoms with Crippen LogP contribution in [0.3, 0.4) is 0 Å². The van der Waals surface area contributed by atoms with Crippen molar-refractivity contribution >= 4 is 17.5 Å². The van der Waals surface area contributed by atoms with Crippen LogP contribution in [-0.2, 0) is 0 Å². The zero-order valence-corrected chi connectivity index (χ0v) is 17.3. The van der Waals surface area contributed by atoms with Gasteiger partial charge in [0, 0.05) is 29.9 Å². The third-order valence-corrected chi connectivity index (χ3v) is 5.32. The molecule has 0 saturated carbocycles. The number of benzene rings is 2. The number of carbonyl (C=O) groups is 2. The van der Waals surface area contributed by atoms with E-state index in [4.69, 9.17) is 4.74 Å². The molecule has 1 heterocycles. The number of piperidine rings is 1. The van der Waals surface area contributed by atoms with Gasteiger partial charge in [-0.25, -0.2) is 0 Å². The number of anilines is 1. The maximum Gasteiger partial charge on any atom is 0.255 e. The Balaban J connectivity index is 1.58. The molecule has 2 amide bonds. The number of nitrogens with one attached hydrogen (secondary N) is 1. The quantitative estimate of drug-likeness (QED) is 0.673. The van der Waals surface area contributed by atoms with E-state index in [0.717, 1.165) is 38.8 Å². The highest BCUT2D eigenvalue weighted by Gasteiger charge is 2.21. The number of rotatable bonds is 7. The first kappa shape index (κ1) is 20.9. The third-order valence-electron chi connectivity index (χ3n) is 5.32. The maximum absolute atomic E-state index is 12.6. The summed E-state index contributed by atoms with van der Waals surface area (Å²) in [5.41, 5.74) is 1.86. The smallest absolute Gasteiger partial charge is 0.255 e. The number of hydrogen-bond acceptors (Lipinski definition) is 3. The summed E-state index contributed by atoms with van der Waals surface area (Å²) in [7, 11) is 0. The molecule has 1 N–H and O–H groups in total. The molecule has 0 spiro atoms. The van der Waals surface area contributed by atoms with Crippen molar-refractivity contribution in [2.24, 2.45) is 5.92 Å². The van der Waals surface area contributed by atoms with Crippen molar-refractivity contribution in [2.45, 2.75) is 39.5 Å². The van der Waals surface area contributed by atoms with Gasteiger partial charge < -0.3 is 15.0 Å². The molecule has 0 unspecified atom stereocenters. The van der Waals surface area contributed by atoms with Gasteiger partial charge >= 0.3 is 0 Å². The average molecular weight is 395 g/mol. The van der Waals surface area contributed by atoms with Crippen molar-refractivity contribution in [2.75, 3.05) is 25.0 Å². The van der Waals surface area contributed by atoms with Crippen LogP contribution in [-0.4, -0.2) is 36.4 Å². The van der Waals surface area contributed by atoms with E-state index in [9.17, 15) is 9.59 Å². The van der Waals surface area contributed by atoms with Crippen LogP contribution in [0.15, 0.2) is 48.5 Å². The van der Waals surface area contributed by atoms with E-state index in [1.54, 1.807) is 36.4 Å². The molecule has 1 aliphatic rings. The van der Waals surface area contributed by atoms with E-state index in [2.05, 4.69) is 19.2 Å². The summed E-state index contributed by atoms with van der Waals surface area (Å²) in [4.78, 5) is 27.1. The molecule has 0 bridgehead atoms. The lowest BCUT2D eigenvalue weighted by atomic mass is 9.98. The van der Waals surface area contributed by atoms with Gasteiger partial charge in [-0.3, -0.25) is 9.59 Å². The molecule has 5 nitrogen and oxygen atoms in total. The summed E-state index contributed by atoms with van der Waals surface area (Å²) in [6.07, 6.45) is 4.16. The molecule has 154 valence electrons. The van der Waals surface area contributed by atoms with Crippen LogP contribution in [0.1, 0.15) is 60.2 Å². The molecule has 29 heavy (non-hydrogen) atoms. The molecule has 1 saturated heterocycles. The molecule has 2 aromatic carbocycles. The van der Waals surface area contributed by atoms with E-state index in [0.29, 0.717) is 35.1 Å². The standard InChI is InChI=1S/C24H30N2O3/c1-3-4-16-29-22-7-5-6-20(17-22)23(27)25-21-10-8-19(9-11-21)24(28)26-14-12-18(2)13-15-26/h5-11,17-18H,3-4,12-16H2,1-2H3,(H,25,27). The number of amides is 2. The summed E-state index contributed by atoms with van der Waals surface area (Å²) >= 11 is 0. The van der Waals surface area contributed by atoms with Crippen LogP contribution in [0.25, 0.3) is 0 Å². The summed E-state index contributed by atoms with van der Waals surface area (Å²) in [6, 6.07) is 14.3. The van der Waals surface area contributed by atoms with Crippen LogP contribution in [0.2, 0.25) is 0 Å². The van der Waals surface area contributed by atoms with Crippen LogP contribution in [0.5, 0.6) is 5.75 Å². The molecular weight excluding hydrogens is 364 g/mol. The van der Waals surface area contributed by atoms with Crippen LogP contribution in [0.4, 0.5) is 5.69 Å². The zero-order chi connectivity index (χ0) is 20.6.